The van der Waals surface area contributed by atoms with E-state index in [2.05, 4.69) is 83.8 Å². The summed E-state index contributed by atoms with van der Waals surface area (Å²) in [7, 11) is 0. The molecule has 0 fully saturated rings. The van der Waals surface area contributed by atoms with Crippen molar-refractivity contribution in [3.8, 4) is 0 Å². The van der Waals surface area contributed by atoms with Gasteiger partial charge in [-0.25, -0.2) is 0 Å². The molecule has 0 spiro atoms. The van der Waals surface area contributed by atoms with Crippen LogP contribution in [0.4, 0.5) is 0 Å². The van der Waals surface area contributed by atoms with E-state index in [0.29, 0.717) is 0 Å². The monoisotopic (exact) mass is 340 g/mol. The molecular formula is C16H24Al2Cl2. The van der Waals surface area contributed by atoms with Gasteiger partial charge in [-0.05, 0) is 0 Å². The zero-order valence-electron chi connectivity index (χ0n) is 12.7. The van der Waals surface area contributed by atoms with Crippen LogP contribution >= 0.6 is 24.8 Å². The maximum absolute atomic E-state index is 2.34. The van der Waals surface area contributed by atoms with Gasteiger partial charge in [0.2, 0.25) is 0 Å². The molecule has 0 aliphatic rings. The van der Waals surface area contributed by atoms with Crippen LogP contribution in [0.1, 0.15) is 0 Å². The van der Waals surface area contributed by atoms with Gasteiger partial charge in [-0.1, -0.05) is 60.7 Å². The maximum Gasteiger partial charge on any atom is 0.299 e. The van der Waals surface area contributed by atoms with Gasteiger partial charge >= 0.3 is 0 Å². The minimum absolute atomic E-state index is 0. The average molecular weight is 341 g/mol. The zero-order valence-corrected chi connectivity index (χ0v) is 16.7. The van der Waals surface area contributed by atoms with Crippen LogP contribution in [0.25, 0.3) is 0 Å². The van der Waals surface area contributed by atoms with Gasteiger partial charge in [-0.3, -0.25) is 0 Å². The highest BCUT2D eigenvalue weighted by atomic mass is 35.5. The summed E-state index contributed by atoms with van der Waals surface area (Å²) in [6.07, 6.45) is 0. The van der Waals surface area contributed by atoms with E-state index < -0.39 is 28.3 Å². The zero-order chi connectivity index (χ0) is 13.4. The van der Waals surface area contributed by atoms with Crippen molar-refractivity contribution in [3.63, 3.8) is 0 Å². The Morgan fingerprint density at radius 2 is 0.750 bits per heavy atom. The van der Waals surface area contributed by atoms with Gasteiger partial charge < -0.3 is 0 Å². The molecular weight excluding hydrogens is 317 g/mol. The van der Waals surface area contributed by atoms with Crippen molar-refractivity contribution in [1.82, 2.24) is 0 Å². The first-order valence-corrected chi connectivity index (χ1v) is 12.5. The molecule has 0 radical (unpaired) electrons. The Hall–Kier alpha value is 0.0849. The highest BCUT2D eigenvalue weighted by Gasteiger charge is 2.02. The minimum atomic E-state index is -0.529. The number of hydrogen-bond acceptors (Lipinski definition) is 0. The second kappa shape index (κ2) is 12.8. The Bertz CT molecular complexity index is 387. The largest absolute Gasteiger partial charge is 0.299 e. The molecule has 0 saturated carbocycles. The Morgan fingerprint density at radius 1 is 0.500 bits per heavy atom. The van der Waals surface area contributed by atoms with Gasteiger partial charge in [0.1, 0.15) is 0 Å². The summed E-state index contributed by atoms with van der Waals surface area (Å²) in [4.78, 5) is 0. The molecule has 108 valence electrons. The molecule has 20 heavy (non-hydrogen) atoms. The van der Waals surface area contributed by atoms with E-state index in [-0.39, 0.29) is 24.8 Å². The lowest BCUT2D eigenvalue weighted by Gasteiger charge is -1.96. The van der Waals surface area contributed by atoms with Crippen molar-refractivity contribution in [1.29, 1.82) is 0 Å². The quantitative estimate of drug-likeness (QED) is 0.721. The second-order valence-electron chi connectivity index (χ2n) is 5.13. The van der Waals surface area contributed by atoms with Crippen molar-refractivity contribution in [2.24, 2.45) is 0 Å². The average Bonchev–Trinajstić information content (AvgIpc) is 2.41. The van der Waals surface area contributed by atoms with E-state index in [1.54, 1.807) is 8.85 Å². The van der Waals surface area contributed by atoms with Crippen molar-refractivity contribution >= 4 is 62.0 Å². The highest BCUT2D eigenvalue weighted by Crippen LogP contribution is 1.86. The van der Waals surface area contributed by atoms with Crippen LogP contribution in [0, 0.1) is 0 Å². The standard InChI is InChI=1S/2C6H5.4CH3.2Al.2ClH/c2*1-2-4-6-5-3-1;;;;;;;;/h2*1-5H;4*1H3;;;2*1H. The van der Waals surface area contributed by atoms with E-state index in [4.69, 9.17) is 0 Å². The second-order valence-corrected chi connectivity index (χ2v) is 11.1. The van der Waals surface area contributed by atoms with Crippen LogP contribution in [0.2, 0.25) is 23.1 Å². The molecule has 0 amide bonds. The molecule has 0 nitrogen and oxygen atoms in total. The van der Waals surface area contributed by atoms with Crippen LogP contribution in [0.15, 0.2) is 60.7 Å². The van der Waals surface area contributed by atoms with E-state index >= 15 is 0 Å². The molecule has 0 atom stereocenters. The van der Waals surface area contributed by atoms with Crippen molar-refractivity contribution in [2.75, 3.05) is 0 Å². The SMILES string of the molecule is Cl.Cl.[CH3][Al]([CH3])[c]1ccccc1.[CH3][Al]([CH3])[c]1ccccc1. The Kier molecular flexibility index (Phi) is 14.3. The topological polar surface area (TPSA) is 0 Å². The lowest BCUT2D eigenvalue weighted by atomic mass is 10.4. The number of rotatable bonds is 2. The lowest BCUT2D eigenvalue weighted by Crippen LogP contribution is -2.21. The van der Waals surface area contributed by atoms with Crippen LogP contribution in [-0.4, -0.2) is 28.3 Å². The summed E-state index contributed by atoms with van der Waals surface area (Å²) in [5, 5.41) is 0. The van der Waals surface area contributed by atoms with Crippen molar-refractivity contribution in [3.05, 3.63) is 60.7 Å². The van der Waals surface area contributed by atoms with Crippen molar-refractivity contribution in [2.45, 2.75) is 23.1 Å². The summed E-state index contributed by atoms with van der Waals surface area (Å²) in [5.41, 5.74) is 0. The summed E-state index contributed by atoms with van der Waals surface area (Å²) in [6.45, 7) is 0. The molecule has 0 N–H and O–H groups in total. The first-order chi connectivity index (χ1) is 8.61. The molecule has 2 aromatic carbocycles. The first kappa shape index (κ1) is 22.4. The third kappa shape index (κ3) is 9.10. The third-order valence-electron chi connectivity index (χ3n) is 2.93. The fourth-order valence-corrected chi connectivity index (χ4v) is 3.66. The molecule has 2 aromatic rings. The predicted octanol–water partition coefficient (Wildman–Crippen LogP) is 4.14. The van der Waals surface area contributed by atoms with Gasteiger partial charge in [0, 0.05) is 0 Å². The van der Waals surface area contributed by atoms with E-state index in [1.165, 1.54) is 0 Å². The van der Waals surface area contributed by atoms with Crippen LogP contribution in [-0.2, 0) is 0 Å². The van der Waals surface area contributed by atoms with Gasteiger partial charge in [0.05, 0.1) is 0 Å². The summed E-state index contributed by atoms with van der Waals surface area (Å²) in [5.74, 6) is 9.37. The van der Waals surface area contributed by atoms with Crippen LogP contribution < -0.4 is 8.85 Å². The highest BCUT2D eigenvalue weighted by molar-refractivity contribution is 6.71. The lowest BCUT2D eigenvalue weighted by molar-refractivity contribution is 1.74. The summed E-state index contributed by atoms with van der Waals surface area (Å²) >= 11 is -1.06. The van der Waals surface area contributed by atoms with Gasteiger partial charge in [0.15, 0.2) is 0 Å². The minimum Gasteiger partial charge on any atom is -0.147 e. The molecule has 0 bridgehead atoms. The van der Waals surface area contributed by atoms with E-state index in [1.807, 2.05) is 0 Å². The molecule has 4 heteroatoms. The Balaban J connectivity index is 0. The number of benzene rings is 2. The molecule has 0 saturated heterocycles. The molecule has 0 unspecified atom stereocenters. The van der Waals surface area contributed by atoms with Gasteiger partial charge in [0.25, 0.3) is 28.3 Å². The maximum atomic E-state index is 2.34. The molecule has 0 aliphatic heterocycles. The molecule has 0 aliphatic carbocycles. The molecule has 0 aromatic heterocycles. The third-order valence-corrected chi connectivity index (χ3v) is 6.37. The van der Waals surface area contributed by atoms with Crippen LogP contribution in [0.3, 0.4) is 0 Å². The fourth-order valence-electron chi connectivity index (χ4n) is 1.68. The fraction of sp³-hybridized carbons (Fsp3) is 0.250. The first-order valence-electron chi connectivity index (χ1n) is 6.71. The summed E-state index contributed by atoms with van der Waals surface area (Å²) in [6, 6.07) is 21.5. The number of halogens is 2. The Labute approximate surface area is 145 Å². The number of hydrogen-bond donors (Lipinski definition) is 0. The van der Waals surface area contributed by atoms with Crippen LogP contribution in [0.5, 0.6) is 0 Å². The Morgan fingerprint density at radius 3 is 0.900 bits per heavy atom. The van der Waals surface area contributed by atoms with Gasteiger partial charge in [-0.2, -0.15) is 0 Å². The molecule has 0 heterocycles. The van der Waals surface area contributed by atoms with E-state index in [0.717, 1.165) is 0 Å². The van der Waals surface area contributed by atoms with Gasteiger partial charge in [-0.15, -0.1) is 56.8 Å². The summed E-state index contributed by atoms with van der Waals surface area (Å²) < 4.78 is 3.11. The van der Waals surface area contributed by atoms with Crippen molar-refractivity contribution < 1.29 is 0 Å². The predicted molar refractivity (Wildman–Crippen MR) is 102 cm³/mol. The molecule has 2 rings (SSSR count). The van der Waals surface area contributed by atoms with E-state index in [9.17, 15) is 0 Å². The smallest absolute Gasteiger partial charge is 0.147 e. The normalized spacial score (nSPS) is 8.20.